The summed E-state index contributed by atoms with van der Waals surface area (Å²) in [5.74, 6) is 1.33. The lowest BCUT2D eigenvalue weighted by atomic mass is 9.79. The number of hydrogen-bond donors (Lipinski definition) is 0. The third-order valence-electron chi connectivity index (χ3n) is 8.30. The van der Waals surface area contributed by atoms with E-state index in [0.717, 1.165) is 10.4 Å². The number of pyridine rings is 1. The zero-order valence-corrected chi connectivity index (χ0v) is 27.2. The lowest BCUT2D eigenvalue weighted by Gasteiger charge is -2.39. The Morgan fingerprint density at radius 2 is 1.77 bits per heavy atom. The summed E-state index contributed by atoms with van der Waals surface area (Å²) < 4.78 is 86.2. The lowest BCUT2D eigenvalue weighted by molar-refractivity contribution is -0.137. The van der Waals surface area contributed by atoms with E-state index in [1.165, 1.54) is 63.3 Å². The number of aromatic nitrogens is 3. The maximum atomic E-state index is 14.0. The molecule has 0 amide bonds. The number of benzene rings is 2. The van der Waals surface area contributed by atoms with Crippen molar-refractivity contribution >= 4 is 15.8 Å². The fourth-order valence-electron chi connectivity index (χ4n) is 5.80. The number of sulfonamides is 1. The highest BCUT2D eigenvalue weighted by Crippen LogP contribution is 2.39. The first kappa shape index (κ1) is 33.9. The van der Waals surface area contributed by atoms with E-state index >= 15 is 0 Å². The first-order valence-corrected chi connectivity index (χ1v) is 16.3. The van der Waals surface area contributed by atoms with Crippen LogP contribution in [0.2, 0.25) is 0 Å². The van der Waals surface area contributed by atoms with E-state index in [-0.39, 0.29) is 41.2 Å². The van der Waals surface area contributed by atoms with Crippen molar-refractivity contribution in [1.29, 1.82) is 0 Å². The van der Waals surface area contributed by atoms with Crippen LogP contribution in [0.1, 0.15) is 41.9 Å². The molecule has 3 atom stereocenters. The molecule has 5 rings (SSSR count). The Bertz CT molecular complexity index is 1760. The van der Waals surface area contributed by atoms with Crippen LogP contribution in [0.25, 0.3) is 0 Å². The Kier molecular flexibility index (Phi) is 10.2. The van der Waals surface area contributed by atoms with Gasteiger partial charge in [0.1, 0.15) is 34.6 Å². The summed E-state index contributed by atoms with van der Waals surface area (Å²) in [6.45, 7) is -0.0929. The van der Waals surface area contributed by atoms with Gasteiger partial charge in [0.05, 0.1) is 32.5 Å². The van der Waals surface area contributed by atoms with Gasteiger partial charge < -0.3 is 19.1 Å². The van der Waals surface area contributed by atoms with Crippen molar-refractivity contribution in [3.63, 3.8) is 0 Å². The van der Waals surface area contributed by atoms with Gasteiger partial charge in [0.25, 0.3) is 10.0 Å². The van der Waals surface area contributed by atoms with Gasteiger partial charge >= 0.3 is 6.18 Å². The van der Waals surface area contributed by atoms with Crippen molar-refractivity contribution in [3.05, 3.63) is 96.1 Å². The molecule has 1 saturated carbocycles. The molecule has 0 radical (unpaired) electrons. The Hall–Kier alpha value is -4.43. The quantitative estimate of drug-likeness (QED) is 0.191. The van der Waals surface area contributed by atoms with Gasteiger partial charge in [0.2, 0.25) is 5.88 Å². The molecular formula is C33H36F3N5O5S. The van der Waals surface area contributed by atoms with Crippen LogP contribution in [0.4, 0.5) is 19.0 Å². The Labute approximate surface area is 272 Å². The molecule has 0 spiro atoms. The number of halogens is 3. The highest BCUT2D eigenvalue weighted by molar-refractivity contribution is 7.92. The Balaban J connectivity index is 1.35. The summed E-state index contributed by atoms with van der Waals surface area (Å²) in [6, 6.07) is 14.9. The minimum absolute atomic E-state index is 0.0675. The van der Waals surface area contributed by atoms with Crippen molar-refractivity contribution in [2.75, 3.05) is 32.6 Å². The molecule has 14 heteroatoms. The van der Waals surface area contributed by atoms with Gasteiger partial charge in [-0.3, -0.25) is 0 Å². The average Bonchev–Trinajstić information content (AvgIpc) is 3.07. The van der Waals surface area contributed by atoms with Crippen molar-refractivity contribution in [2.45, 2.75) is 54.9 Å². The molecule has 2 heterocycles. The van der Waals surface area contributed by atoms with Gasteiger partial charge in [0, 0.05) is 36.0 Å². The van der Waals surface area contributed by atoms with Gasteiger partial charge in [-0.05, 0) is 69.1 Å². The highest BCUT2D eigenvalue weighted by atomic mass is 32.2. The normalized spacial score (nSPS) is 18.5. The molecule has 1 aliphatic carbocycles. The van der Waals surface area contributed by atoms with E-state index in [2.05, 4.69) is 15.0 Å². The molecule has 10 nitrogen and oxygen atoms in total. The molecule has 1 aliphatic rings. The molecule has 0 N–H and O–H groups in total. The van der Waals surface area contributed by atoms with Gasteiger partial charge in [-0.1, -0.05) is 18.2 Å². The number of nitrogens with zero attached hydrogens (tertiary/aromatic N) is 5. The molecule has 2 aromatic heterocycles. The molecule has 0 aliphatic heterocycles. The minimum atomic E-state index is -4.41. The van der Waals surface area contributed by atoms with Crippen LogP contribution < -0.4 is 18.5 Å². The van der Waals surface area contributed by atoms with Crippen LogP contribution >= 0.6 is 0 Å². The molecule has 250 valence electrons. The van der Waals surface area contributed by atoms with Crippen LogP contribution in [0.3, 0.4) is 0 Å². The second kappa shape index (κ2) is 14.1. The maximum absolute atomic E-state index is 14.0. The molecule has 4 aromatic rings. The van der Waals surface area contributed by atoms with E-state index in [4.69, 9.17) is 14.2 Å². The standard InChI is InChI=1S/C33H36F3N5O5S/c1-40(2)28-17-23(22-6-5-7-25(16-22)33(34,35)36)9-12-29(28)46-32-13-11-27(19-38-32)47(42,43)41(31-14-15-37-21-39-31)20-24-8-10-26(44-3)18-30(24)45-4/h5-8,10-11,13-16,18-19,21,23,28-29H,9,12,17,20H2,1-4H3/t23-,28-,29-/m0/s1. The number of anilines is 1. The van der Waals surface area contributed by atoms with Crippen LogP contribution in [0.5, 0.6) is 17.4 Å². The summed E-state index contributed by atoms with van der Waals surface area (Å²) in [5.41, 5.74) is 0.576. The summed E-state index contributed by atoms with van der Waals surface area (Å²) in [4.78, 5) is 14.4. The largest absolute Gasteiger partial charge is 0.497 e. The van der Waals surface area contributed by atoms with Crippen LogP contribution in [0, 0.1) is 0 Å². The smallest absolute Gasteiger partial charge is 0.416 e. The SMILES string of the molecule is COc1ccc(CN(c2ccncn2)S(=O)(=O)c2ccc(O[C@H]3CC[C@H](c4cccc(C(F)(F)F)c4)C[C@@H]3N(C)C)nc2)c(OC)c1. The average molecular weight is 672 g/mol. The van der Waals surface area contributed by atoms with Crippen LogP contribution in [-0.2, 0) is 22.7 Å². The fourth-order valence-corrected chi connectivity index (χ4v) is 7.14. The van der Waals surface area contributed by atoms with Gasteiger partial charge in [0.15, 0.2) is 0 Å². The number of hydrogen-bond acceptors (Lipinski definition) is 9. The zero-order valence-electron chi connectivity index (χ0n) is 26.4. The van der Waals surface area contributed by atoms with Gasteiger partial charge in [-0.2, -0.15) is 13.2 Å². The number of alkyl halides is 3. The van der Waals surface area contributed by atoms with Crippen molar-refractivity contribution in [2.24, 2.45) is 0 Å². The first-order valence-electron chi connectivity index (χ1n) is 14.9. The molecule has 1 fully saturated rings. The van der Waals surface area contributed by atoms with Crippen LogP contribution in [-0.4, -0.2) is 68.7 Å². The van der Waals surface area contributed by atoms with Crippen molar-refractivity contribution < 1.29 is 35.8 Å². The van der Waals surface area contributed by atoms with E-state index in [0.29, 0.717) is 41.9 Å². The number of rotatable bonds is 11. The van der Waals surface area contributed by atoms with Crippen molar-refractivity contribution in [1.82, 2.24) is 19.9 Å². The third-order valence-corrected chi connectivity index (χ3v) is 10.0. The maximum Gasteiger partial charge on any atom is 0.416 e. The zero-order chi connectivity index (χ0) is 33.8. The second-order valence-corrected chi connectivity index (χ2v) is 13.3. The Morgan fingerprint density at radius 3 is 2.40 bits per heavy atom. The van der Waals surface area contributed by atoms with E-state index < -0.39 is 21.8 Å². The highest BCUT2D eigenvalue weighted by Gasteiger charge is 2.36. The molecule has 0 unspecified atom stereocenters. The number of likely N-dealkylation sites (N-methyl/N-ethyl adjacent to an activating group) is 1. The number of ether oxygens (including phenoxy) is 3. The molecule has 2 aromatic carbocycles. The monoisotopic (exact) mass is 671 g/mol. The summed E-state index contributed by atoms with van der Waals surface area (Å²) in [7, 11) is 2.65. The topological polar surface area (TPSA) is 107 Å². The van der Waals surface area contributed by atoms with Gasteiger partial charge in [-0.25, -0.2) is 27.7 Å². The summed E-state index contributed by atoms with van der Waals surface area (Å²) in [6.07, 6.45) is 1.05. The summed E-state index contributed by atoms with van der Waals surface area (Å²) in [5, 5.41) is 0. The van der Waals surface area contributed by atoms with Gasteiger partial charge in [-0.15, -0.1) is 0 Å². The van der Waals surface area contributed by atoms with E-state index in [1.807, 2.05) is 19.0 Å². The summed E-state index contributed by atoms with van der Waals surface area (Å²) >= 11 is 0. The lowest BCUT2D eigenvalue weighted by Crippen LogP contribution is -2.46. The third kappa shape index (κ3) is 7.76. The fraction of sp³-hybridized carbons (Fsp3) is 0.364. The molecular weight excluding hydrogens is 635 g/mol. The predicted octanol–water partition coefficient (Wildman–Crippen LogP) is 5.95. The molecule has 0 saturated heterocycles. The van der Waals surface area contributed by atoms with Crippen LogP contribution in [0.15, 0.2) is 84.3 Å². The first-order chi connectivity index (χ1) is 22.4. The molecule has 47 heavy (non-hydrogen) atoms. The Morgan fingerprint density at radius 1 is 0.957 bits per heavy atom. The van der Waals surface area contributed by atoms with E-state index in [1.54, 1.807) is 24.3 Å². The van der Waals surface area contributed by atoms with E-state index in [9.17, 15) is 21.6 Å². The molecule has 0 bridgehead atoms. The van der Waals surface area contributed by atoms with Crippen molar-refractivity contribution in [3.8, 4) is 17.4 Å². The number of methoxy groups -OCH3 is 2. The predicted molar refractivity (Wildman–Crippen MR) is 169 cm³/mol. The minimum Gasteiger partial charge on any atom is -0.497 e. The second-order valence-electron chi connectivity index (χ2n) is 11.4.